The topological polar surface area (TPSA) is 111 Å². The van der Waals surface area contributed by atoms with Gasteiger partial charge in [0.05, 0.1) is 10.8 Å². The Labute approximate surface area is 246 Å². The number of carbonyl (C=O) groups is 4. The van der Waals surface area contributed by atoms with Crippen molar-refractivity contribution in [2.75, 3.05) is 10.6 Å². The Kier molecular flexibility index (Phi) is 5.72. The van der Waals surface area contributed by atoms with E-state index in [1.807, 2.05) is 91.8 Å². The van der Waals surface area contributed by atoms with Gasteiger partial charge >= 0.3 is 11.9 Å². The number of ether oxygens (including phenoxy) is 2. The molecule has 8 nitrogen and oxygen atoms in total. The summed E-state index contributed by atoms with van der Waals surface area (Å²) >= 11 is 0. The molecule has 2 N–H and O–H groups in total. The lowest BCUT2D eigenvalue weighted by molar-refractivity contribution is -0.166. The van der Waals surface area contributed by atoms with Crippen LogP contribution in [-0.2, 0) is 28.7 Å². The smallest absolute Gasteiger partial charge is 0.313 e. The molecule has 4 aliphatic rings. The van der Waals surface area contributed by atoms with Crippen molar-refractivity contribution >= 4 is 35.1 Å². The molecule has 8 heteroatoms. The maximum absolute atomic E-state index is 13.5. The maximum atomic E-state index is 13.5. The number of benzene rings is 2. The molecule has 2 aromatic carbocycles. The van der Waals surface area contributed by atoms with Gasteiger partial charge in [-0.3, -0.25) is 19.2 Å². The summed E-state index contributed by atoms with van der Waals surface area (Å²) in [5, 5.41) is 6.07. The van der Waals surface area contributed by atoms with Crippen molar-refractivity contribution in [3.05, 3.63) is 47.5 Å². The van der Waals surface area contributed by atoms with Crippen LogP contribution in [0.2, 0.25) is 0 Å². The molecular formula is C34H40N2O6. The summed E-state index contributed by atoms with van der Waals surface area (Å²) in [4.78, 5) is 52.3. The summed E-state index contributed by atoms with van der Waals surface area (Å²) in [5.41, 5.74) is 0.102. The van der Waals surface area contributed by atoms with E-state index in [1.165, 1.54) is 0 Å². The number of rotatable bonds is 5. The van der Waals surface area contributed by atoms with Crippen molar-refractivity contribution in [2.24, 2.45) is 21.7 Å². The second-order valence-corrected chi connectivity index (χ2v) is 14.3. The second-order valence-electron chi connectivity index (χ2n) is 14.3. The molecule has 42 heavy (non-hydrogen) atoms. The predicted molar refractivity (Wildman–Crippen MR) is 159 cm³/mol. The first kappa shape index (κ1) is 28.4. The van der Waals surface area contributed by atoms with Gasteiger partial charge < -0.3 is 20.1 Å². The van der Waals surface area contributed by atoms with E-state index in [4.69, 9.17) is 9.47 Å². The minimum absolute atomic E-state index is 0.285. The first-order valence-corrected chi connectivity index (χ1v) is 14.8. The van der Waals surface area contributed by atoms with Crippen LogP contribution in [0.25, 0.3) is 11.1 Å². The fourth-order valence-corrected chi connectivity index (χ4v) is 7.91. The van der Waals surface area contributed by atoms with Crippen molar-refractivity contribution in [2.45, 2.75) is 92.3 Å². The van der Waals surface area contributed by atoms with Gasteiger partial charge in [-0.1, -0.05) is 39.8 Å². The standard InChI is InChI=1S/C34H40N2O6/c1-19-17-21(9-11-23(19)35-25(37)33-15-13-31(7,27(39)41-33)29(33,3)4)22-10-12-24(20(2)18-22)36-26(38)34-16-14-32(8,28(40)42-34)30(34,5)6/h9-12,17-18H,13-16H2,1-8H3,(H,35,37)(H,36,38)/t31-,32-,33+,34+/m0/s1. The number of hydrogen-bond donors (Lipinski definition) is 2. The molecule has 2 saturated heterocycles. The molecule has 2 aliphatic carbocycles. The normalized spacial score (nSPS) is 33.3. The van der Waals surface area contributed by atoms with Crippen molar-refractivity contribution in [3.8, 4) is 11.1 Å². The molecule has 0 spiro atoms. The number of fused-ring (bicyclic) bond motifs is 4. The van der Waals surface area contributed by atoms with Gasteiger partial charge in [-0.25, -0.2) is 0 Å². The zero-order chi connectivity index (χ0) is 30.7. The zero-order valence-electron chi connectivity index (χ0n) is 25.7. The molecule has 222 valence electrons. The number of esters is 2. The predicted octanol–water partition coefficient (Wildman–Crippen LogP) is 6.09. The summed E-state index contributed by atoms with van der Waals surface area (Å²) in [6.07, 6.45) is 2.27. The van der Waals surface area contributed by atoms with Gasteiger partial charge in [-0.2, -0.15) is 0 Å². The number of aryl methyl sites for hydroxylation is 2. The van der Waals surface area contributed by atoms with E-state index in [-0.39, 0.29) is 23.8 Å². The molecule has 4 bridgehead atoms. The number of carbonyl (C=O) groups excluding carboxylic acids is 4. The Hall–Kier alpha value is -3.68. The largest absolute Gasteiger partial charge is 0.448 e. The summed E-state index contributed by atoms with van der Waals surface area (Å²) in [5.74, 6) is -1.17. The molecule has 0 unspecified atom stereocenters. The van der Waals surface area contributed by atoms with Crippen molar-refractivity contribution in [1.29, 1.82) is 0 Å². The number of amides is 2. The van der Waals surface area contributed by atoms with Crippen LogP contribution >= 0.6 is 0 Å². The molecule has 0 radical (unpaired) electrons. The van der Waals surface area contributed by atoms with Gasteiger partial charge in [0, 0.05) is 22.2 Å². The third-order valence-corrected chi connectivity index (χ3v) is 12.2. The Balaban J connectivity index is 1.19. The first-order valence-electron chi connectivity index (χ1n) is 14.8. The fraction of sp³-hybridized carbons (Fsp3) is 0.529. The first-order chi connectivity index (χ1) is 19.5. The SMILES string of the molecule is Cc1cc(-c2ccc(NC(=O)[C@@]34CC[C@@](C)(C(=O)O3)C4(C)C)c(C)c2)ccc1NC(=O)[C@@]12CC[C@@](C)(C(=O)O1)C2(C)C. The Morgan fingerprint density at radius 3 is 1.24 bits per heavy atom. The van der Waals surface area contributed by atoms with Crippen LogP contribution < -0.4 is 10.6 Å². The Morgan fingerprint density at radius 1 is 0.619 bits per heavy atom. The summed E-state index contributed by atoms with van der Waals surface area (Å²) in [6.45, 7) is 15.4. The Morgan fingerprint density at radius 2 is 0.976 bits per heavy atom. The zero-order valence-corrected chi connectivity index (χ0v) is 25.7. The van der Waals surface area contributed by atoms with E-state index >= 15 is 0 Å². The fourth-order valence-electron chi connectivity index (χ4n) is 7.91. The molecule has 2 heterocycles. The quantitative estimate of drug-likeness (QED) is 0.420. The molecular weight excluding hydrogens is 532 g/mol. The average molecular weight is 573 g/mol. The molecule has 4 atom stereocenters. The van der Waals surface area contributed by atoms with E-state index in [1.54, 1.807) is 0 Å². The molecule has 0 aromatic heterocycles. The Bertz CT molecular complexity index is 1470. The molecule has 4 fully saturated rings. The van der Waals surface area contributed by atoms with Crippen molar-refractivity contribution in [3.63, 3.8) is 0 Å². The van der Waals surface area contributed by atoms with E-state index in [0.717, 1.165) is 22.3 Å². The van der Waals surface area contributed by atoms with E-state index in [9.17, 15) is 19.2 Å². The summed E-state index contributed by atoms with van der Waals surface area (Å²) in [6, 6.07) is 11.6. The number of nitrogens with one attached hydrogen (secondary N) is 2. The van der Waals surface area contributed by atoms with Crippen LogP contribution in [0.1, 0.15) is 78.4 Å². The van der Waals surface area contributed by atoms with E-state index in [0.29, 0.717) is 37.1 Å². The van der Waals surface area contributed by atoms with E-state index < -0.39 is 32.9 Å². The highest BCUT2D eigenvalue weighted by Crippen LogP contribution is 2.66. The highest BCUT2D eigenvalue weighted by Gasteiger charge is 2.76. The molecule has 2 saturated carbocycles. The van der Waals surface area contributed by atoms with Gasteiger partial charge in [0.1, 0.15) is 0 Å². The van der Waals surface area contributed by atoms with Crippen molar-refractivity contribution in [1.82, 2.24) is 0 Å². The monoisotopic (exact) mass is 572 g/mol. The highest BCUT2D eigenvalue weighted by atomic mass is 16.6. The van der Waals surface area contributed by atoms with Crippen LogP contribution in [0.5, 0.6) is 0 Å². The third-order valence-electron chi connectivity index (χ3n) is 12.2. The van der Waals surface area contributed by atoms with Crippen LogP contribution in [0.4, 0.5) is 11.4 Å². The average Bonchev–Trinajstić information content (AvgIpc) is 3.39. The lowest BCUT2D eigenvalue weighted by Crippen LogP contribution is -2.50. The lowest BCUT2D eigenvalue weighted by Gasteiger charge is -2.35. The van der Waals surface area contributed by atoms with Crippen LogP contribution in [0.15, 0.2) is 36.4 Å². The third kappa shape index (κ3) is 3.24. The van der Waals surface area contributed by atoms with Gasteiger partial charge in [0.15, 0.2) is 11.2 Å². The molecule has 2 aliphatic heterocycles. The van der Waals surface area contributed by atoms with Crippen LogP contribution in [0, 0.1) is 35.5 Å². The van der Waals surface area contributed by atoms with Gasteiger partial charge in [-0.15, -0.1) is 0 Å². The second kappa shape index (κ2) is 8.45. The van der Waals surface area contributed by atoms with Gasteiger partial charge in [0.25, 0.3) is 11.8 Å². The van der Waals surface area contributed by atoms with Gasteiger partial charge in [0.2, 0.25) is 0 Å². The van der Waals surface area contributed by atoms with Crippen LogP contribution in [0.3, 0.4) is 0 Å². The lowest BCUT2D eigenvalue weighted by atomic mass is 9.66. The number of anilines is 2. The minimum atomic E-state index is -1.18. The van der Waals surface area contributed by atoms with E-state index in [2.05, 4.69) is 10.6 Å². The molecule has 2 aromatic rings. The molecule has 2 amide bonds. The van der Waals surface area contributed by atoms with Crippen molar-refractivity contribution < 1.29 is 28.7 Å². The molecule has 6 rings (SSSR count). The maximum Gasteiger partial charge on any atom is 0.313 e. The summed E-state index contributed by atoms with van der Waals surface area (Å²) in [7, 11) is 0. The summed E-state index contributed by atoms with van der Waals surface area (Å²) < 4.78 is 11.5. The van der Waals surface area contributed by atoms with Crippen LogP contribution in [-0.4, -0.2) is 35.0 Å². The minimum Gasteiger partial charge on any atom is -0.448 e. The highest BCUT2D eigenvalue weighted by molar-refractivity contribution is 6.05. The van der Waals surface area contributed by atoms with Gasteiger partial charge in [-0.05, 0) is 99.9 Å². The number of hydrogen-bond acceptors (Lipinski definition) is 6.